The van der Waals surface area contributed by atoms with E-state index >= 15 is 0 Å². The molecule has 0 saturated carbocycles. The molecule has 1 rings (SSSR count). The Morgan fingerprint density at radius 1 is 1.29 bits per heavy atom. The molecule has 0 unspecified atom stereocenters. The van der Waals surface area contributed by atoms with E-state index in [1.54, 1.807) is 0 Å². The molecule has 0 spiro atoms. The lowest BCUT2D eigenvalue weighted by atomic mass is 9.87. The van der Waals surface area contributed by atoms with E-state index < -0.39 is 6.04 Å². The van der Waals surface area contributed by atoms with Gasteiger partial charge in [-0.25, -0.2) is 0 Å². The molecule has 0 aliphatic carbocycles. The molecule has 3 N–H and O–H groups in total. The number of carbonyl (C=O) groups excluding carboxylic acids is 1. The summed E-state index contributed by atoms with van der Waals surface area (Å²) in [5, 5.41) is 2.92. The first-order valence-corrected chi connectivity index (χ1v) is 7.65. The normalized spacial score (nSPS) is 13.3. The van der Waals surface area contributed by atoms with Gasteiger partial charge >= 0.3 is 0 Å². The molecule has 4 nitrogen and oxygen atoms in total. The van der Waals surface area contributed by atoms with Crippen molar-refractivity contribution < 1.29 is 4.79 Å². The Balaban J connectivity index is 2.75. The molecule has 0 aliphatic heterocycles. The number of rotatable bonds is 6. The number of amides is 1. The minimum atomic E-state index is -0.524. The standard InChI is InChI=1S/C17H29N3O/c1-6-20(7-2)12-13-9-8-10-14(11-13)19-16(21)15(18)17(3,4)5/h8-11,15H,6-7,12,18H2,1-5H3,(H,19,21)/t15-/m0/s1. The second-order valence-electron chi connectivity index (χ2n) is 6.49. The van der Waals surface area contributed by atoms with Crippen LogP contribution in [-0.2, 0) is 11.3 Å². The summed E-state index contributed by atoms with van der Waals surface area (Å²) in [6.07, 6.45) is 0. The third-order valence-electron chi connectivity index (χ3n) is 3.71. The molecule has 0 aromatic heterocycles. The van der Waals surface area contributed by atoms with Crippen LogP contribution in [0.3, 0.4) is 0 Å². The molecule has 0 radical (unpaired) electrons. The highest BCUT2D eigenvalue weighted by atomic mass is 16.2. The molecule has 0 bridgehead atoms. The van der Waals surface area contributed by atoms with Crippen LogP contribution in [0, 0.1) is 5.41 Å². The maximum absolute atomic E-state index is 12.2. The maximum Gasteiger partial charge on any atom is 0.241 e. The number of nitrogens with zero attached hydrogens (tertiary/aromatic N) is 1. The Kier molecular flexibility index (Phi) is 6.37. The quantitative estimate of drug-likeness (QED) is 0.847. The van der Waals surface area contributed by atoms with Crippen LogP contribution in [0.5, 0.6) is 0 Å². The molecule has 118 valence electrons. The van der Waals surface area contributed by atoms with E-state index in [-0.39, 0.29) is 11.3 Å². The van der Waals surface area contributed by atoms with Crippen molar-refractivity contribution in [3.05, 3.63) is 29.8 Å². The van der Waals surface area contributed by atoms with Gasteiger partial charge in [-0.2, -0.15) is 0 Å². The Bertz CT molecular complexity index is 461. The second-order valence-corrected chi connectivity index (χ2v) is 6.49. The van der Waals surface area contributed by atoms with Crippen molar-refractivity contribution in [3.8, 4) is 0 Å². The predicted octanol–water partition coefficient (Wildman–Crippen LogP) is 2.84. The fraction of sp³-hybridized carbons (Fsp3) is 0.588. The van der Waals surface area contributed by atoms with Gasteiger partial charge in [-0.05, 0) is 36.2 Å². The highest BCUT2D eigenvalue weighted by Crippen LogP contribution is 2.19. The van der Waals surface area contributed by atoms with E-state index in [9.17, 15) is 4.79 Å². The third-order valence-corrected chi connectivity index (χ3v) is 3.71. The molecule has 1 amide bonds. The molecule has 0 fully saturated rings. The van der Waals surface area contributed by atoms with Gasteiger partial charge in [0.05, 0.1) is 6.04 Å². The van der Waals surface area contributed by atoms with Crippen molar-refractivity contribution in [1.29, 1.82) is 0 Å². The third kappa shape index (κ3) is 5.48. The van der Waals surface area contributed by atoms with Crippen LogP contribution in [0.2, 0.25) is 0 Å². The monoisotopic (exact) mass is 291 g/mol. The fourth-order valence-electron chi connectivity index (χ4n) is 2.07. The average molecular weight is 291 g/mol. The van der Waals surface area contributed by atoms with Gasteiger partial charge in [-0.1, -0.05) is 46.8 Å². The lowest BCUT2D eigenvalue weighted by molar-refractivity contribution is -0.119. The van der Waals surface area contributed by atoms with Crippen molar-refractivity contribution >= 4 is 11.6 Å². The zero-order chi connectivity index (χ0) is 16.0. The van der Waals surface area contributed by atoms with Crippen molar-refractivity contribution in [2.45, 2.75) is 47.2 Å². The lowest BCUT2D eigenvalue weighted by Gasteiger charge is -2.26. The SMILES string of the molecule is CCN(CC)Cc1cccc(NC(=O)[C@H](N)C(C)(C)C)c1. The summed E-state index contributed by atoms with van der Waals surface area (Å²) in [5.74, 6) is -0.137. The molecular formula is C17H29N3O. The van der Waals surface area contributed by atoms with Gasteiger partial charge in [0.15, 0.2) is 0 Å². The van der Waals surface area contributed by atoms with E-state index in [4.69, 9.17) is 5.73 Å². The molecule has 1 aromatic rings. The zero-order valence-corrected chi connectivity index (χ0v) is 13.9. The van der Waals surface area contributed by atoms with Gasteiger partial charge in [0.2, 0.25) is 5.91 Å². The minimum absolute atomic E-state index is 0.137. The Morgan fingerprint density at radius 3 is 2.43 bits per heavy atom. The van der Waals surface area contributed by atoms with Gasteiger partial charge in [0, 0.05) is 12.2 Å². The summed E-state index contributed by atoms with van der Waals surface area (Å²) < 4.78 is 0. The first-order valence-electron chi connectivity index (χ1n) is 7.65. The maximum atomic E-state index is 12.2. The number of nitrogens with two attached hydrogens (primary N) is 1. The average Bonchev–Trinajstić information content (AvgIpc) is 2.43. The van der Waals surface area contributed by atoms with Crippen LogP contribution < -0.4 is 11.1 Å². The van der Waals surface area contributed by atoms with Crippen LogP contribution in [0.15, 0.2) is 24.3 Å². The lowest BCUT2D eigenvalue weighted by Crippen LogP contribution is -2.45. The summed E-state index contributed by atoms with van der Waals surface area (Å²) in [6.45, 7) is 13.1. The van der Waals surface area contributed by atoms with Crippen molar-refractivity contribution in [3.63, 3.8) is 0 Å². The second kappa shape index (κ2) is 7.57. The molecule has 1 aromatic carbocycles. The molecular weight excluding hydrogens is 262 g/mol. The van der Waals surface area contributed by atoms with Crippen LogP contribution in [0.1, 0.15) is 40.2 Å². The number of nitrogens with one attached hydrogen (secondary N) is 1. The summed E-state index contributed by atoms with van der Waals surface area (Å²) in [7, 11) is 0. The predicted molar refractivity (Wildman–Crippen MR) is 89.1 cm³/mol. The number of hydrogen-bond donors (Lipinski definition) is 2. The van der Waals surface area contributed by atoms with Crippen molar-refractivity contribution in [2.75, 3.05) is 18.4 Å². The number of anilines is 1. The topological polar surface area (TPSA) is 58.4 Å². The minimum Gasteiger partial charge on any atom is -0.325 e. The van der Waals surface area contributed by atoms with E-state index in [1.807, 2.05) is 39.0 Å². The van der Waals surface area contributed by atoms with E-state index in [2.05, 4.69) is 30.1 Å². The molecule has 0 saturated heterocycles. The van der Waals surface area contributed by atoms with Gasteiger partial charge in [0.1, 0.15) is 0 Å². The van der Waals surface area contributed by atoms with Crippen molar-refractivity contribution in [2.24, 2.45) is 11.1 Å². The Labute approximate surface area is 128 Å². The number of benzene rings is 1. The molecule has 1 atom stereocenters. The van der Waals surface area contributed by atoms with Gasteiger partial charge in [-0.15, -0.1) is 0 Å². The first kappa shape index (κ1) is 17.7. The number of hydrogen-bond acceptors (Lipinski definition) is 3. The summed E-state index contributed by atoms with van der Waals surface area (Å²) in [5.41, 5.74) is 7.74. The molecule has 0 heterocycles. The highest BCUT2D eigenvalue weighted by molar-refractivity contribution is 5.95. The number of carbonyl (C=O) groups is 1. The Morgan fingerprint density at radius 2 is 1.90 bits per heavy atom. The zero-order valence-electron chi connectivity index (χ0n) is 13.9. The van der Waals surface area contributed by atoms with Gasteiger partial charge in [0.25, 0.3) is 0 Å². The molecule has 4 heteroatoms. The smallest absolute Gasteiger partial charge is 0.241 e. The first-order chi connectivity index (χ1) is 9.77. The van der Waals surface area contributed by atoms with Crippen molar-refractivity contribution in [1.82, 2.24) is 4.90 Å². The van der Waals surface area contributed by atoms with Gasteiger partial charge in [-0.3, -0.25) is 9.69 Å². The van der Waals surface area contributed by atoms with E-state index in [0.29, 0.717) is 0 Å². The van der Waals surface area contributed by atoms with Crippen LogP contribution in [0.25, 0.3) is 0 Å². The molecule has 21 heavy (non-hydrogen) atoms. The summed E-state index contributed by atoms with van der Waals surface area (Å²) in [4.78, 5) is 14.5. The van der Waals surface area contributed by atoms with Crippen LogP contribution in [-0.4, -0.2) is 29.9 Å². The van der Waals surface area contributed by atoms with Crippen LogP contribution >= 0.6 is 0 Å². The fourth-order valence-corrected chi connectivity index (χ4v) is 2.07. The molecule has 0 aliphatic rings. The Hall–Kier alpha value is -1.39. The van der Waals surface area contributed by atoms with Gasteiger partial charge < -0.3 is 11.1 Å². The van der Waals surface area contributed by atoms with Crippen LogP contribution in [0.4, 0.5) is 5.69 Å². The summed E-state index contributed by atoms with van der Waals surface area (Å²) >= 11 is 0. The highest BCUT2D eigenvalue weighted by Gasteiger charge is 2.27. The largest absolute Gasteiger partial charge is 0.325 e. The summed E-state index contributed by atoms with van der Waals surface area (Å²) in [6, 6.07) is 7.45. The van der Waals surface area contributed by atoms with E-state index in [0.717, 1.165) is 25.3 Å². The van der Waals surface area contributed by atoms with E-state index in [1.165, 1.54) is 5.56 Å².